The minimum Gasteiger partial charge on any atom is -0.496 e. The van der Waals surface area contributed by atoms with Gasteiger partial charge >= 0.3 is 0 Å². The fourth-order valence-corrected chi connectivity index (χ4v) is 3.17. The number of nitrogens with two attached hydrogens (primary N) is 1. The molecular formula is C16H18BrClN2O. The standard InChI is InChI=1S/C16H18BrClN2O/c1-9-4-6-13(16(21-3)10(9)2)15(20-19)12-7-5-11(17)8-14(12)18/h4-8,15,20H,19H2,1-3H3. The summed E-state index contributed by atoms with van der Waals surface area (Å²) in [6.07, 6.45) is 0. The minimum absolute atomic E-state index is 0.236. The molecule has 5 heteroatoms. The Hall–Kier alpha value is -1.07. The Bertz CT molecular complexity index is 661. The van der Waals surface area contributed by atoms with E-state index in [0.717, 1.165) is 26.9 Å². The van der Waals surface area contributed by atoms with E-state index in [2.05, 4.69) is 34.3 Å². The number of ether oxygens (including phenoxy) is 1. The average molecular weight is 370 g/mol. The first kappa shape index (κ1) is 16.3. The average Bonchev–Trinajstić information content (AvgIpc) is 2.45. The number of hydrogen-bond donors (Lipinski definition) is 2. The molecule has 0 fully saturated rings. The van der Waals surface area contributed by atoms with Gasteiger partial charge in [-0.1, -0.05) is 45.7 Å². The van der Waals surface area contributed by atoms with Gasteiger partial charge in [-0.2, -0.15) is 0 Å². The lowest BCUT2D eigenvalue weighted by molar-refractivity contribution is 0.401. The second kappa shape index (κ2) is 6.79. The summed E-state index contributed by atoms with van der Waals surface area (Å²) in [5, 5.41) is 0.646. The SMILES string of the molecule is COc1c(C(NN)c2ccc(Br)cc2Cl)ccc(C)c1C. The molecule has 0 radical (unpaired) electrons. The van der Waals surface area contributed by atoms with E-state index in [4.69, 9.17) is 22.2 Å². The van der Waals surface area contributed by atoms with Crippen LogP contribution in [0.3, 0.4) is 0 Å². The molecule has 0 aliphatic carbocycles. The molecule has 0 saturated carbocycles. The van der Waals surface area contributed by atoms with Gasteiger partial charge in [0.05, 0.1) is 13.2 Å². The zero-order chi connectivity index (χ0) is 15.6. The molecule has 2 aromatic carbocycles. The van der Waals surface area contributed by atoms with Crippen LogP contribution < -0.4 is 16.0 Å². The van der Waals surface area contributed by atoms with Gasteiger partial charge in [-0.15, -0.1) is 0 Å². The fraction of sp³-hybridized carbons (Fsp3) is 0.250. The molecule has 112 valence electrons. The van der Waals surface area contributed by atoms with Crippen LogP contribution in [0.5, 0.6) is 5.75 Å². The molecule has 0 spiro atoms. The summed E-state index contributed by atoms with van der Waals surface area (Å²) < 4.78 is 6.51. The maximum atomic E-state index is 6.35. The number of hydrogen-bond acceptors (Lipinski definition) is 3. The summed E-state index contributed by atoms with van der Waals surface area (Å²) in [5.74, 6) is 6.61. The van der Waals surface area contributed by atoms with Gasteiger partial charge in [-0.05, 0) is 42.7 Å². The third-order valence-corrected chi connectivity index (χ3v) is 4.48. The Morgan fingerprint density at radius 1 is 1.19 bits per heavy atom. The van der Waals surface area contributed by atoms with E-state index in [0.29, 0.717) is 5.02 Å². The van der Waals surface area contributed by atoms with Crippen LogP contribution in [0.1, 0.15) is 28.3 Å². The van der Waals surface area contributed by atoms with Gasteiger partial charge in [-0.25, -0.2) is 5.43 Å². The van der Waals surface area contributed by atoms with Crippen LogP contribution in [-0.2, 0) is 0 Å². The zero-order valence-electron chi connectivity index (χ0n) is 12.2. The predicted octanol–water partition coefficient (Wildman–Crippen LogP) is 4.28. The van der Waals surface area contributed by atoms with Gasteiger partial charge in [0.2, 0.25) is 0 Å². The zero-order valence-corrected chi connectivity index (χ0v) is 14.5. The highest BCUT2D eigenvalue weighted by Gasteiger charge is 2.21. The fourth-order valence-electron chi connectivity index (χ4n) is 2.39. The first-order valence-corrected chi connectivity index (χ1v) is 7.71. The van der Waals surface area contributed by atoms with Gasteiger partial charge in [0, 0.05) is 15.1 Å². The number of rotatable bonds is 4. The molecule has 0 saturated heterocycles. The summed E-state index contributed by atoms with van der Waals surface area (Å²) in [6.45, 7) is 4.09. The molecule has 0 amide bonds. The number of halogens is 2. The molecule has 0 bridgehead atoms. The number of methoxy groups -OCH3 is 1. The van der Waals surface area contributed by atoms with Crippen molar-refractivity contribution in [1.29, 1.82) is 0 Å². The molecule has 21 heavy (non-hydrogen) atoms. The highest BCUT2D eigenvalue weighted by Crippen LogP contribution is 2.36. The summed E-state index contributed by atoms with van der Waals surface area (Å²) in [7, 11) is 1.67. The van der Waals surface area contributed by atoms with Gasteiger partial charge in [0.1, 0.15) is 5.75 Å². The van der Waals surface area contributed by atoms with Crippen molar-refractivity contribution in [3.8, 4) is 5.75 Å². The number of benzene rings is 2. The maximum absolute atomic E-state index is 6.35. The van der Waals surface area contributed by atoms with Crippen molar-refractivity contribution in [1.82, 2.24) is 5.43 Å². The first-order chi connectivity index (χ1) is 9.99. The molecule has 3 nitrogen and oxygen atoms in total. The van der Waals surface area contributed by atoms with Crippen molar-refractivity contribution in [2.45, 2.75) is 19.9 Å². The molecule has 0 heterocycles. The Morgan fingerprint density at radius 2 is 1.86 bits per heavy atom. The van der Waals surface area contributed by atoms with Crippen molar-refractivity contribution >= 4 is 27.5 Å². The molecule has 0 aliphatic heterocycles. The largest absolute Gasteiger partial charge is 0.496 e. The highest BCUT2D eigenvalue weighted by atomic mass is 79.9. The molecular weight excluding hydrogens is 352 g/mol. The Morgan fingerprint density at radius 3 is 2.43 bits per heavy atom. The lowest BCUT2D eigenvalue weighted by Crippen LogP contribution is -2.29. The van der Waals surface area contributed by atoms with Crippen molar-refractivity contribution < 1.29 is 4.74 Å². The van der Waals surface area contributed by atoms with Crippen molar-refractivity contribution in [2.75, 3.05) is 7.11 Å². The minimum atomic E-state index is -0.236. The lowest BCUT2D eigenvalue weighted by Gasteiger charge is -2.22. The topological polar surface area (TPSA) is 47.3 Å². The van der Waals surface area contributed by atoms with Gasteiger partial charge in [0.15, 0.2) is 0 Å². The van der Waals surface area contributed by atoms with Crippen LogP contribution >= 0.6 is 27.5 Å². The van der Waals surface area contributed by atoms with Crippen LogP contribution in [0, 0.1) is 13.8 Å². The molecule has 2 rings (SSSR count). The summed E-state index contributed by atoms with van der Waals surface area (Å²) in [6, 6.07) is 9.59. The number of aryl methyl sites for hydroxylation is 1. The van der Waals surface area contributed by atoms with Crippen LogP contribution in [0.2, 0.25) is 5.02 Å². The summed E-state index contributed by atoms with van der Waals surface area (Å²) in [5.41, 5.74) is 6.98. The van der Waals surface area contributed by atoms with E-state index < -0.39 is 0 Å². The van der Waals surface area contributed by atoms with Gasteiger partial charge in [-0.3, -0.25) is 5.84 Å². The first-order valence-electron chi connectivity index (χ1n) is 6.54. The smallest absolute Gasteiger partial charge is 0.127 e. The second-order valence-electron chi connectivity index (χ2n) is 4.90. The van der Waals surface area contributed by atoms with E-state index in [1.165, 1.54) is 5.56 Å². The predicted molar refractivity (Wildman–Crippen MR) is 90.8 cm³/mol. The molecule has 3 N–H and O–H groups in total. The van der Waals surface area contributed by atoms with Gasteiger partial charge in [0.25, 0.3) is 0 Å². The molecule has 1 unspecified atom stereocenters. The van der Waals surface area contributed by atoms with E-state index in [1.807, 2.05) is 31.2 Å². The third kappa shape index (κ3) is 3.24. The van der Waals surface area contributed by atoms with E-state index in [9.17, 15) is 0 Å². The van der Waals surface area contributed by atoms with Crippen molar-refractivity contribution in [3.05, 3.63) is 62.1 Å². The summed E-state index contributed by atoms with van der Waals surface area (Å²) >= 11 is 9.77. The molecule has 0 aromatic heterocycles. The Kier molecular flexibility index (Phi) is 5.27. The number of hydrazine groups is 1. The number of nitrogens with one attached hydrogen (secondary N) is 1. The van der Waals surface area contributed by atoms with Crippen LogP contribution in [0.25, 0.3) is 0 Å². The highest BCUT2D eigenvalue weighted by molar-refractivity contribution is 9.10. The van der Waals surface area contributed by atoms with Crippen molar-refractivity contribution in [3.63, 3.8) is 0 Å². The Balaban J connectivity index is 2.59. The van der Waals surface area contributed by atoms with Crippen molar-refractivity contribution in [2.24, 2.45) is 5.84 Å². The van der Waals surface area contributed by atoms with Crippen LogP contribution in [0.15, 0.2) is 34.8 Å². The molecule has 1 atom stereocenters. The maximum Gasteiger partial charge on any atom is 0.127 e. The van der Waals surface area contributed by atoms with Gasteiger partial charge < -0.3 is 4.74 Å². The third-order valence-electron chi connectivity index (χ3n) is 3.66. The Labute approximate surface area is 138 Å². The summed E-state index contributed by atoms with van der Waals surface area (Å²) in [4.78, 5) is 0. The van der Waals surface area contributed by atoms with E-state index in [1.54, 1.807) is 7.11 Å². The molecule has 2 aromatic rings. The monoisotopic (exact) mass is 368 g/mol. The molecule has 0 aliphatic rings. The van der Waals surface area contributed by atoms with Crippen LogP contribution in [0.4, 0.5) is 0 Å². The second-order valence-corrected chi connectivity index (χ2v) is 6.22. The normalized spacial score (nSPS) is 12.3. The van der Waals surface area contributed by atoms with Crippen LogP contribution in [-0.4, -0.2) is 7.11 Å². The van der Waals surface area contributed by atoms with E-state index >= 15 is 0 Å². The lowest BCUT2D eigenvalue weighted by atomic mass is 9.94. The quantitative estimate of drug-likeness (QED) is 0.624. The van der Waals surface area contributed by atoms with E-state index in [-0.39, 0.29) is 6.04 Å².